The van der Waals surface area contributed by atoms with Crippen LogP contribution in [0.5, 0.6) is 17.2 Å². The molecule has 0 atom stereocenters. The van der Waals surface area contributed by atoms with Crippen LogP contribution in [0.1, 0.15) is 0 Å². The van der Waals surface area contributed by atoms with Crippen molar-refractivity contribution in [2.45, 2.75) is 0 Å². The molecule has 0 amide bonds. The Kier molecular flexibility index (Phi) is 8.53. The Balaban J connectivity index is 0.000000152. The van der Waals surface area contributed by atoms with E-state index < -0.39 is 0 Å². The van der Waals surface area contributed by atoms with Gasteiger partial charge in [-0.25, -0.2) is 0 Å². The van der Waals surface area contributed by atoms with Crippen molar-refractivity contribution in [1.29, 1.82) is 0 Å². The van der Waals surface area contributed by atoms with Gasteiger partial charge in [-0.2, -0.15) is 0 Å². The summed E-state index contributed by atoms with van der Waals surface area (Å²) in [5.41, 5.74) is 0.858. The minimum atomic E-state index is -0.205. The van der Waals surface area contributed by atoms with Crippen LogP contribution in [0.4, 0.5) is 0 Å². The van der Waals surface area contributed by atoms with Gasteiger partial charge >= 0.3 is 17.4 Å². The first-order valence-corrected chi connectivity index (χ1v) is 10.7. The number of rotatable bonds is 0. The molecule has 0 unspecified atom stereocenters. The molecule has 6 aromatic rings. The normalized spacial score (nSPS) is 10.1. The van der Waals surface area contributed by atoms with Crippen LogP contribution in [0.15, 0.2) is 105 Å². The number of para-hydroxylation sites is 3. The molecule has 9 nitrogen and oxygen atoms in total. The van der Waals surface area contributed by atoms with E-state index in [0.29, 0.717) is 16.6 Å². The van der Waals surface area contributed by atoms with Crippen molar-refractivity contribution >= 4 is 50.1 Å². The molecule has 10 heteroatoms. The van der Waals surface area contributed by atoms with Gasteiger partial charge in [-0.1, -0.05) is 36.4 Å². The number of aromatic nitrogens is 3. The molecule has 6 rings (SSSR count). The number of phenolic OH excluding ortho intramolecular Hbond substituents is 3. The summed E-state index contributed by atoms with van der Waals surface area (Å²) < 4.78 is 0. The van der Waals surface area contributed by atoms with Crippen molar-refractivity contribution < 1.29 is 15.3 Å². The summed E-state index contributed by atoms with van der Waals surface area (Å²) in [6.45, 7) is 0. The predicted octanol–water partition coefficient (Wildman–Crippen LogP) is 3.32. The van der Waals surface area contributed by atoms with Crippen LogP contribution >= 0.6 is 0 Å². The third kappa shape index (κ3) is 6.46. The Hall–Kier alpha value is -4.78. The van der Waals surface area contributed by atoms with E-state index in [2.05, 4.69) is 15.0 Å². The van der Waals surface area contributed by atoms with E-state index in [1.165, 1.54) is 36.4 Å². The number of H-pyrrole nitrogens is 3. The number of nitrogens with one attached hydrogen (secondary N) is 3. The zero-order valence-corrected chi connectivity index (χ0v) is 20.5. The third-order valence-electron chi connectivity index (χ3n) is 5.21. The number of hydrogen-bond donors (Lipinski definition) is 6. The van der Waals surface area contributed by atoms with Gasteiger partial charge in [-0.15, -0.1) is 0 Å². The standard InChI is InChI=1S/3C9H7NO2.Al/c3*11-7-3-1-2-6-4-5-8(12)10-9(6)7;/h3*1-5,11H,(H,10,12);/q;;;+3. The minimum absolute atomic E-state index is 0. The summed E-state index contributed by atoms with van der Waals surface area (Å²) >= 11 is 0. The largest absolute Gasteiger partial charge is 3.00 e. The van der Waals surface area contributed by atoms with Crippen LogP contribution in [0, 0.1) is 0 Å². The number of fused-ring (bicyclic) bond motifs is 3. The van der Waals surface area contributed by atoms with Gasteiger partial charge in [0.25, 0.3) is 0 Å². The van der Waals surface area contributed by atoms with E-state index in [4.69, 9.17) is 0 Å². The first-order valence-electron chi connectivity index (χ1n) is 10.7. The number of aromatic amines is 3. The number of hydrogen-bond acceptors (Lipinski definition) is 6. The van der Waals surface area contributed by atoms with Crippen molar-refractivity contribution in [3.8, 4) is 17.2 Å². The molecule has 0 aliphatic rings. The monoisotopic (exact) mass is 510 g/mol. The van der Waals surface area contributed by atoms with Crippen molar-refractivity contribution in [1.82, 2.24) is 15.0 Å². The van der Waals surface area contributed by atoms with E-state index in [1.54, 1.807) is 36.4 Å². The molecule has 3 aromatic carbocycles. The van der Waals surface area contributed by atoms with Gasteiger partial charge < -0.3 is 30.3 Å². The summed E-state index contributed by atoms with van der Waals surface area (Å²) in [5.74, 6) is 0.306. The van der Waals surface area contributed by atoms with Crippen LogP contribution in [0.25, 0.3) is 32.7 Å². The molecule has 0 saturated carbocycles. The number of benzene rings is 3. The van der Waals surface area contributed by atoms with Gasteiger partial charge in [0.2, 0.25) is 16.7 Å². The zero-order valence-electron chi connectivity index (χ0n) is 19.3. The fourth-order valence-corrected chi connectivity index (χ4v) is 3.49. The average molecular weight is 510 g/mol. The minimum Gasteiger partial charge on any atom is -0.506 e. The van der Waals surface area contributed by atoms with Crippen LogP contribution in [-0.2, 0) is 0 Å². The van der Waals surface area contributed by atoms with E-state index in [-0.39, 0.29) is 51.3 Å². The number of aromatic hydroxyl groups is 3. The average Bonchev–Trinajstić information content (AvgIpc) is 2.87. The summed E-state index contributed by atoms with van der Waals surface area (Å²) in [5, 5.41) is 30.5. The smallest absolute Gasteiger partial charge is 0.506 e. The molecule has 0 radical (unpaired) electrons. The second kappa shape index (κ2) is 11.8. The number of phenols is 3. The summed E-state index contributed by atoms with van der Waals surface area (Å²) in [6, 6.07) is 24.6. The molecule has 6 N–H and O–H groups in total. The summed E-state index contributed by atoms with van der Waals surface area (Å²) in [7, 11) is 0. The topological polar surface area (TPSA) is 159 Å². The second-order valence-electron chi connectivity index (χ2n) is 7.69. The van der Waals surface area contributed by atoms with Crippen LogP contribution in [0.3, 0.4) is 0 Å². The van der Waals surface area contributed by atoms with Gasteiger partial charge in [0.05, 0.1) is 16.6 Å². The van der Waals surface area contributed by atoms with Gasteiger partial charge in [-0.05, 0) is 36.4 Å². The molecule has 0 aliphatic heterocycles. The van der Waals surface area contributed by atoms with Crippen LogP contribution < -0.4 is 16.7 Å². The SMILES string of the molecule is O=c1ccc2cccc(O)c2[nH]1.O=c1ccc2cccc(O)c2[nH]1.O=c1ccc2cccc(O)c2[nH]1.[Al+3]. The maximum absolute atomic E-state index is 10.9. The molecule has 0 saturated heterocycles. The molecule has 0 fully saturated rings. The maximum atomic E-state index is 10.9. The molecule has 180 valence electrons. The van der Waals surface area contributed by atoms with E-state index in [9.17, 15) is 29.7 Å². The van der Waals surface area contributed by atoms with Gasteiger partial charge in [0, 0.05) is 34.4 Å². The molecule has 3 heterocycles. The quantitative estimate of drug-likeness (QED) is 0.172. The summed E-state index contributed by atoms with van der Waals surface area (Å²) in [4.78, 5) is 40.3. The van der Waals surface area contributed by atoms with E-state index in [1.807, 2.05) is 18.2 Å². The van der Waals surface area contributed by atoms with Crippen molar-refractivity contribution in [3.05, 3.63) is 122 Å². The fourth-order valence-electron chi connectivity index (χ4n) is 3.49. The van der Waals surface area contributed by atoms with Crippen molar-refractivity contribution in [2.24, 2.45) is 0 Å². The fraction of sp³-hybridized carbons (Fsp3) is 0. The molecular weight excluding hydrogens is 489 g/mol. The van der Waals surface area contributed by atoms with Crippen molar-refractivity contribution in [3.63, 3.8) is 0 Å². The van der Waals surface area contributed by atoms with Crippen LogP contribution in [-0.4, -0.2) is 47.6 Å². The first-order chi connectivity index (χ1) is 17.3. The maximum Gasteiger partial charge on any atom is 3.00 e. The molecular formula is C27H21AlN3O6+3. The second-order valence-corrected chi connectivity index (χ2v) is 7.69. The predicted molar refractivity (Wildman–Crippen MR) is 144 cm³/mol. The Bertz CT molecular complexity index is 1640. The van der Waals surface area contributed by atoms with Gasteiger partial charge in [0.15, 0.2) is 0 Å². The molecule has 0 aliphatic carbocycles. The van der Waals surface area contributed by atoms with Crippen LogP contribution in [0.2, 0.25) is 0 Å². The molecule has 0 bridgehead atoms. The number of pyridine rings is 3. The Morgan fingerprint density at radius 2 is 0.676 bits per heavy atom. The Morgan fingerprint density at radius 3 is 0.946 bits per heavy atom. The Labute approximate surface area is 219 Å². The Morgan fingerprint density at radius 1 is 0.405 bits per heavy atom. The molecule has 37 heavy (non-hydrogen) atoms. The molecule has 0 spiro atoms. The van der Waals surface area contributed by atoms with Crippen molar-refractivity contribution in [2.75, 3.05) is 0 Å². The van der Waals surface area contributed by atoms with E-state index >= 15 is 0 Å². The third-order valence-corrected chi connectivity index (χ3v) is 5.21. The zero-order chi connectivity index (χ0) is 25.7. The molecule has 3 aromatic heterocycles. The summed E-state index contributed by atoms with van der Waals surface area (Å²) in [6.07, 6.45) is 0. The van der Waals surface area contributed by atoms with Gasteiger partial charge in [-0.3, -0.25) is 14.4 Å². The first kappa shape index (κ1) is 26.8. The van der Waals surface area contributed by atoms with E-state index in [0.717, 1.165) is 16.2 Å². The van der Waals surface area contributed by atoms with Gasteiger partial charge in [0.1, 0.15) is 17.2 Å².